The van der Waals surface area contributed by atoms with Crippen LogP contribution in [0.2, 0.25) is 0 Å². The minimum absolute atomic E-state index is 0.0381. The first-order chi connectivity index (χ1) is 15.9. The van der Waals surface area contributed by atoms with Gasteiger partial charge in [-0.2, -0.15) is 0 Å². The van der Waals surface area contributed by atoms with Gasteiger partial charge in [0.05, 0.1) is 25.3 Å². The van der Waals surface area contributed by atoms with Gasteiger partial charge in [-0.1, -0.05) is 35.6 Å². The number of nitrogens with one attached hydrogen (secondary N) is 2. The molecule has 0 fully saturated rings. The van der Waals surface area contributed by atoms with Crippen molar-refractivity contribution in [3.05, 3.63) is 64.7 Å². The number of unbranched alkanes of at least 4 members (excludes halogenated alkanes) is 1. The van der Waals surface area contributed by atoms with Gasteiger partial charge < -0.3 is 14.8 Å². The highest BCUT2D eigenvalue weighted by molar-refractivity contribution is 7.89. The number of hydrogen-bond acceptors (Lipinski definition) is 8. The zero-order valence-electron chi connectivity index (χ0n) is 18.8. The van der Waals surface area contributed by atoms with Gasteiger partial charge in [0.2, 0.25) is 15.8 Å². The molecular weight excluding hydrogens is 462 g/mol. The van der Waals surface area contributed by atoms with Crippen molar-refractivity contribution in [2.45, 2.75) is 24.7 Å². The fraction of sp³-hybridized carbons (Fsp3) is 0.304. The van der Waals surface area contributed by atoms with Crippen LogP contribution in [0.25, 0.3) is 0 Å². The second-order valence-electron chi connectivity index (χ2n) is 7.22. The Morgan fingerprint density at radius 2 is 1.82 bits per heavy atom. The average Bonchev–Trinajstić information content (AvgIpc) is 3.29. The van der Waals surface area contributed by atoms with E-state index >= 15 is 0 Å². The Morgan fingerprint density at radius 1 is 1.06 bits per heavy atom. The topological polar surface area (TPSA) is 107 Å². The lowest BCUT2D eigenvalue weighted by atomic mass is 10.0. The van der Waals surface area contributed by atoms with Crippen LogP contribution in [0.5, 0.6) is 11.5 Å². The summed E-state index contributed by atoms with van der Waals surface area (Å²) in [5.74, 6) is 0.648. The Morgan fingerprint density at radius 3 is 2.55 bits per heavy atom. The van der Waals surface area contributed by atoms with Gasteiger partial charge in [0.1, 0.15) is 16.4 Å². The van der Waals surface area contributed by atoms with Crippen LogP contribution in [0.1, 0.15) is 33.6 Å². The molecule has 10 heteroatoms. The SMILES string of the molecule is COc1ccc(OC)c(S(=O)(=O)NCCCCNc2ncc(C(=O)c3ccccc3C)s2)c1. The first-order valence-electron chi connectivity index (χ1n) is 10.4. The molecule has 0 amide bonds. The summed E-state index contributed by atoms with van der Waals surface area (Å²) in [6, 6.07) is 12.1. The zero-order chi connectivity index (χ0) is 23.8. The number of nitrogens with zero attached hydrogens (tertiary/aromatic N) is 1. The highest BCUT2D eigenvalue weighted by atomic mass is 32.2. The highest BCUT2D eigenvalue weighted by Crippen LogP contribution is 2.28. The molecular formula is C23H27N3O5S2. The predicted octanol–water partition coefficient (Wildman–Crippen LogP) is 3.87. The zero-order valence-corrected chi connectivity index (χ0v) is 20.4. The summed E-state index contributed by atoms with van der Waals surface area (Å²) in [6.45, 7) is 2.79. The van der Waals surface area contributed by atoms with E-state index in [0.29, 0.717) is 34.3 Å². The van der Waals surface area contributed by atoms with Crippen molar-refractivity contribution in [3.63, 3.8) is 0 Å². The van der Waals surface area contributed by atoms with Gasteiger partial charge in [0.25, 0.3) is 0 Å². The van der Waals surface area contributed by atoms with E-state index in [0.717, 1.165) is 12.0 Å². The van der Waals surface area contributed by atoms with Gasteiger partial charge >= 0.3 is 0 Å². The second-order valence-corrected chi connectivity index (χ2v) is 9.99. The van der Waals surface area contributed by atoms with Crippen molar-refractivity contribution in [2.24, 2.45) is 0 Å². The highest BCUT2D eigenvalue weighted by Gasteiger charge is 2.20. The van der Waals surface area contributed by atoms with Gasteiger partial charge in [-0.25, -0.2) is 18.1 Å². The van der Waals surface area contributed by atoms with Crippen LogP contribution in [0.15, 0.2) is 53.6 Å². The van der Waals surface area contributed by atoms with Crippen LogP contribution >= 0.6 is 11.3 Å². The van der Waals surface area contributed by atoms with E-state index in [1.165, 1.54) is 31.6 Å². The Labute approximate surface area is 198 Å². The van der Waals surface area contributed by atoms with E-state index < -0.39 is 10.0 Å². The Kier molecular flexibility index (Phi) is 8.43. The van der Waals surface area contributed by atoms with Gasteiger partial charge in [-0.3, -0.25) is 4.79 Å². The molecule has 176 valence electrons. The van der Waals surface area contributed by atoms with Crippen molar-refractivity contribution in [2.75, 3.05) is 32.6 Å². The molecule has 2 N–H and O–H groups in total. The standard InChI is InChI=1S/C23H27N3O5S2/c1-16-8-4-5-9-18(16)22(27)20-15-25-23(32-20)24-12-6-7-13-26-33(28,29)21-14-17(30-2)10-11-19(21)31-3/h4-5,8-11,14-15,26H,6-7,12-13H2,1-3H3,(H,24,25). The molecule has 0 atom stereocenters. The molecule has 0 aliphatic rings. The minimum Gasteiger partial charge on any atom is -0.497 e. The molecule has 1 aromatic heterocycles. The van der Waals surface area contributed by atoms with Crippen LogP contribution in [-0.2, 0) is 10.0 Å². The van der Waals surface area contributed by atoms with Crippen molar-refractivity contribution in [3.8, 4) is 11.5 Å². The molecule has 0 bridgehead atoms. The number of aromatic nitrogens is 1. The number of anilines is 1. The molecule has 0 unspecified atom stereocenters. The Bertz CT molecular complexity index is 1210. The summed E-state index contributed by atoms with van der Waals surface area (Å²) in [7, 11) is -0.838. The van der Waals surface area contributed by atoms with Crippen LogP contribution in [-0.4, -0.2) is 46.5 Å². The van der Waals surface area contributed by atoms with E-state index in [2.05, 4.69) is 15.0 Å². The van der Waals surface area contributed by atoms with Gasteiger partial charge in [-0.15, -0.1) is 0 Å². The molecule has 8 nitrogen and oxygen atoms in total. The summed E-state index contributed by atoms with van der Waals surface area (Å²) in [5, 5.41) is 3.85. The Hall–Kier alpha value is -2.95. The van der Waals surface area contributed by atoms with Crippen LogP contribution < -0.4 is 19.5 Å². The maximum absolute atomic E-state index is 12.7. The van der Waals surface area contributed by atoms with Crippen molar-refractivity contribution in [1.82, 2.24) is 9.71 Å². The summed E-state index contributed by atoms with van der Waals surface area (Å²) in [4.78, 5) is 17.5. The lowest BCUT2D eigenvalue weighted by molar-refractivity contribution is 0.104. The quantitative estimate of drug-likeness (QED) is 0.294. The Balaban J connectivity index is 1.46. The molecule has 3 rings (SSSR count). The molecule has 0 aliphatic carbocycles. The number of rotatable bonds is 12. The molecule has 1 heterocycles. The minimum atomic E-state index is -3.73. The number of sulfonamides is 1. The second kappa shape index (κ2) is 11.3. The molecule has 0 aliphatic heterocycles. The summed E-state index contributed by atoms with van der Waals surface area (Å²) in [5.41, 5.74) is 1.60. The molecule has 0 saturated heterocycles. The number of benzene rings is 2. The van der Waals surface area contributed by atoms with E-state index in [4.69, 9.17) is 9.47 Å². The fourth-order valence-electron chi connectivity index (χ4n) is 3.14. The molecule has 0 radical (unpaired) electrons. The number of carbonyl (C=O) groups excluding carboxylic acids is 1. The third kappa shape index (κ3) is 6.31. The number of aryl methyl sites for hydroxylation is 1. The number of methoxy groups -OCH3 is 2. The number of thiazole rings is 1. The lowest BCUT2D eigenvalue weighted by Gasteiger charge is -2.12. The maximum atomic E-state index is 12.7. The molecule has 2 aromatic carbocycles. The lowest BCUT2D eigenvalue weighted by Crippen LogP contribution is -2.25. The number of ether oxygens (including phenoxy) is 2. The van der Waals surface area contributed by atoms with Crippen LogP contribution in [0.3, 0.4) is 0 Å². The first kappa shape index (κ1) is 24.7. The predicted molar refractivity (Wildman–Crippen MR) is 129 cm³/mol. The van der Waals surface area contributed by atoms with Gasteiger partial charge in [0.15, 0.2) is 5.13 Å². The van der Waals surface area contributed by atoms with Gasteiger partial charge in [-0.05, 0) is 37.5 Å². The summed E-state index contributed by atoms with van der Waals surface area (Å²) < 4.78 is 38.2. The monoisotopic (exact) mass is 489 g/mol. The van der Waals surface area contributed by atoms with Crippen LogP contribution in [0, 0.1) is 6.92 Å². The van der Waals surface area contributed by atoms with Crippen molar-refractivity contribution >= 4 is 32.3 Å². The largest absolute Gasteiger partial charge is 0.497 e. The van der Waals surface area contributed by atoms with Crippen molar-refractivity contribution < 1.29 is 22.7 Å². The first-order valence-corrected chi connectivity index (χ1v) is 12.7. The summed E-state index contributed by atoms with van der Waals surface area (Å²) >= 11 is 1.31. The fourth-order valence-corrected chi connectivity index (χ4v) is 5.20. The smallest absolute Gasteiger partial charge is 0.244 e. The number of carbonyl (C=O) groups is 1. The molecule has 33 heavy (non-hydrogen) atoms. The molecule has 3 aromatic rings. The van der Waals surface area contributed by atoms with E-state index in [9.17, 15) is 13.2 Å². The number of ketones is 1. The molecule has 0 spiro atoms. The van der Waals surface area contributed by atoms with Gasteiger partial charge in [0, 0.05) is 24.7 Å². The normalized spacial score (nSPS) is 11.2. The number of hydrogen-bond donors (Lipinski definition) is 2. The van der Waals surface area contributed by atoms with Crippen LogP contribution in [0.4, 0.5) is 5.13 Å². The maximum Gasteiger partial charge on any atom is 0.244 e. The summed E-state index contributed by atoms with van der Waals surface area (Å²) in [6.07, 6.45) is 2.93. The van der Waals surface area contributed by atoms with E-state index in [-0.39, 0.29) is 23.0 Å². The van der Waals surface area contributed by atoms with E-state index in [1.807, 2.05) is 31.2 Å². The average molecular weight is 490 g/mol. The third-order valence-electron chi connectivity index (χ3n) is 4.95. The third-order valence-corrected chi connectivity index (χ3v) is 7.39. The van der Waals surface area contributed by atoms with E-state index in [1.54, 1.807) is 18.3 Å². The molecule has 0 saturated carbocycles. The van der Waals surface area contributed by atoms with Crippen molar-refractivity contribution in [1.29, 1.82) is 0 Å².